The van der Waals surface area contributed by atoms with Crippen molar-refractivity contribution in [3.63, 3.8) is 0 Å². The Kier molecular flexibility index (Phi) is 9.74. The van der Waals surface area contributed by atoms with Crippen molar-refractivity contribution in [1.29, 1.82) is 0 Å². The van der Waals surface area contributed by atoms with Gasteiger partial charge in [-0.1, -0.05) is 31.0 Å². The van der Waals surface area contributed by atoms with Crippen molar-refractivity contribution in [2.24, 2.45) is 4.99 Å². The number of carbonyl (C=O) groups excluding carboxylic acids is 1. The fraction of sp³-hybridized carbons (Fsp3) is 0.462. The molecule has 2 aliphatic rings. The normalized spacial score (nSPS) is 22.0. The molecule has 0 bridgehead atoms. The topological polar surface area (TPSA) is 53.9 Å². The van der Waals surface area contributed by atoms with Gasteiger partial charge in [-0.2, -0.15) is 0 Å². The maximum atomic E-state index is 14.0. The van der Waals surface area contributed by atoms with Crippen molar-refractivity contribution in [2.75, 3.05) is 26.2 Å². The molecule has 2 saturated heterocycles. The van der Waals surface area contributed by atoms with Gasteiger partial charge in [-0.05, 0) is 86.0 Å². The number of halogens is 3. The molecule has 0 spiro atoms. The van der Waals surface area contributed by atoms with Crippen LogP contribution < -0.4 is 10.1 Å². The highest BCUT2D eigenvalue weighted by atomic mass is 127. The minimum Gasteiger partial charge on any atom is -0.491 e. The molecule has 0 saturated carbocycles. The predicted octanol–water partition coefficient (Wildman–Crippen LogP) is 6.39. The molecule has 1 aromatic rings. The van der Waals surface area contributed by atoms with Gasteiger partial charge in [-0.3, -0.25) is 9.79 Å². The molecule has 8 heteroatoms. The van der Waals surface area contributed by atoms with E-state index in [9.17, 15) is 9.18 Å². The smallest absolute Gasteiger partial charge is 0.258 e. The van der Waals surface area contributed by atoms with E-state index in [0.29, 0.717) is 30.3 Å². The molecule has 2 fully saturated rings. The lowest BCUT2D eigenvalue weighted by molar-refractivity contribution is 0.0795. The number of rotatable bonds is 8. The van der Waals surface area contributed by atoms with Gasteiger partial charge in [0.25, 0.3) is 5.91 Å². The number of likely N-dealkylation sites (tertiary alicyclic amines) is 1. The third kappa shape index (κ3) is 6.70. The molecule has 0 aromatic heterocycles. The van der Waals surface area contributed by atoms with Crippen LogP contribution in [-0.2, 0) is 0 Å². The molecule has 0 unspecified atom stereocenters. The molecular formula is C26H32ClFIN3O2. The second-order valence-corrected chi connectivity index (χ2v) is 10.7. The summed E-state index contributed by atoms with van der Waals surface area (Å²) in [6.45, 7) is 10.2. The summed E-state index contributed by atoms with van der Waals surface area (Å²) in [4.78, 5) is 20.0. The first-order valence-corrected chi connectivity index (χ1v) is 13.1. The quantitative estimate of drug-likeness (QED) is 0.278. The molecule has 0 radical (unpaired) electrons. The van der Waals surface area contributed by atoms with E-state index in [1.807, 2.05) is 20.8 Å². The van der Waals surface area contributed by atoms with Crippen LogP contribution in [-0.4, -0.2) is 48.8 Å². The van der Waals surface area contributed by atoms with Gasteiger partial charge in [0.05, 0.1) is 16.3 Å². The van der Waals surface area contributed by atoms with E-state index in [1.54, 1.807) is 4.90 Å². The van der Waals surface area contributed by atoms with E-state index in [4.69, 9.17) is 21.3 Å². The van der Waals surface area contributed by atoms with Crippen LogP contribution in [0.2, 0.25) is 0 Å². The maximum Gasteiger partial charge on any atom is 0.258 e. The van der Waals surface area contributed by atoms with Gasteiger partial charge in [-0.15, -0.1) is 0 Å². The Bertz CT molecular complexity index is 1060. The fourth-order valence-electron chi connectivity index (χ4n) is 3.91. The van der Waals surface area contributed by atoms with Crippen molar-refractivity contribution in [2.45, 2.75) is 53.0 Å². The average Bonchev–Trinajstić information content (AvgIpc) is 3.20. The Balaban J connectivity index is 1.89. The van der Waals surface area contributed by atoms with E-state index in [-0.39, 0.29) is 17.7 Å². The number of aliphatic imine (C=N–C) groups is 1. The molecule has 1 N–H and O–H groups in total. The van der Waals surface area contributed by atoms with Gasteiger partial charge in [0.2, 0.25) is 0 Å². The SMILES string of the molecule is CCC\C=C1/CN(C(=O)c2ccc(F)cc2OC[C@@H]2CCN2)C/C1=C(C)\N=C(C)/C(Cl)=C(\C)I. The Labute approximate surface area is 220 Å². The fourth-order valence-corrected chi connectivity index (χ4v) is 4.34. The van der Waals surface area contributed by atoms with Crippen LogP contribution in [0.4, 0.5) is 4.39 Å². The lowest BCUT2D eigenvalue weighted by Gasteiger charge is -2.28. The van der Waals surface area contributed by atoms with Crippen LogP contribution in [0.1, 0.15) is 57.3 Å². The first-order valence-electron chi connectivity index (χ1n) is 11.6. The zero-order valence-electron chi connectivity index (χ0n) is 20.2. The third-order valence-corrected chi connectivity index (χ3v) is 7.41. The van der Waals surface area contributed by atoms with Gasteiger partial charge in [-0.25, -0.2) is 4.39 Å². The number of hydrogen-bond donors (Lipinski definition) is 1. The number of nitrogens with one attached hydrogen (secondary N) is 1. The molecule has 1 aromatic carbocycles. The molecule has 3 rings (SSSR count). The molecule has 34 heavy (non-hydrogen) atoms. The van der Waals surface area contributed by atoms with Gasteiger partial charge >= 0.3 is 0 Å². The molecule has 1 amide bonds. The zero-order chi connectivity index (χ0) is 24.8. The number of ether oxygens (including phenoxy) is 1. The van der Waals surface area contributed by atoms with Crippen molar-refractivity contribution in [1.82, 2.24) is 10.2 Å². The lowest BCUT2D eigenvalue weighted by atomic mass is 10.1. The van der Waals surface area contributed by atoms with Gasteiger partial charge in [0.15, 0.2) is 0 Å². The molecule has 5 nitrogen and oxygen atoms in total. The van der Waals surface area contributed by atoms with Crippen molar-refractivity contribution in [3.05, 3.63) is 61.1 Å². The highest BCUT2D eigenvalue weighted by molar-refractivity contribution is 14.1. The minimum absolute atomic E-state index is 0.177. The van der Waals surface area contributed by atoms with E-state index >= 15 is 0 Å². The highest BCUT2D eigenvalue weighted by Gasteiger charge is 2.30. The molecule has 184 valence electrons. The summed E-state index contributed by atoms with van der Waals surface area (Å²) in [6, 6.07) is 4.36. The minimum atomic E-state index is -0.421. The van der Waals surface area contributed by atoms with Crippen LogP contribution in [0.3, 0.4) is 0 Å². The molecule has 0 aliphatic carbocycles. The zero-order valence-corrected chi connectivity index (χ0v) is 23.1. The van der Waals surface area contributed by atoms with E-state index in [0.717, 1.165) is 51.9 Å². The van der Waals surface area contributed by atoms with Crippen molar-refractivity contribution in [3.8, 4) is 5.75 Å². The Morgan fingerprint density at radius 2 is 2.09 bits per heavy atom. The number of benzene rings is 1. The summed E-state index contributed by atoms with van der Waals surface area (Å²) in [5.74, 6) is -0.312. The van der Waals surface area contributed by atoms with Gasteiger partial charge < -0.3 is 15.0 Å². The summed E-state index contributed by atoms with van der Waals surface area (Å²) in [7, 11) is 0. The number of allylic oxidation sites excluding steroid dienone is 4. The van der Waals surface area contributed by atoms with E-state index in [1.165, 1.54) is 18.2 Å². The Morgan fingerprint density at radius 3 is 2.71 bits per heavy atom. The van der Waals surface area contributed by atoms with Crippen LogP contribution >= 0.6 is 34.2 Å². The second-order valence-electron chi connectivity index (χ2n) is 8.68. The maximum absolute atomic E-state index is 14.0. The number of carbonyl (C=O) groups is 1. The molecule has 2 heterocycles. The van der Waals surface area contributed by atoms with Crippen LogP contribution in [0.5, 0.6) is 5.75 Å². The predicted molar refractivity (Wildman–Crippen MR) is 146 cm³/mol. The number of nitrogens with zero attached hydrogens (tertiary/aromatic N) is 2. The largest absolute Gasteiger partial charge is 0.491 e. The monoisotopic (exact) mass is 599 g/mol. The number of hydrogen-bond acceptors (Lipinski definition) is 4. The average molecular weight is 600 g/mol. The standard InChI is InChI=1S/C26H32ClFIN3O2/c1-5-6-7-19-13-32(14-23(19)17(3)31-18(4)25(27)16(2)29)26(33)22-9-8-20(28)12-24(22)34-15-21-10-11-30-21/h7-9,12,21,30H,5-6,10-11,13-15H2,1-4H3/b19-7+,23-17+,25-16-,31-18-/t21-/m0/s1. The first kappa shape index (κ1) is 26.9. The molecule has 2 aliphatic heterocycles. The third-order valence-electron chi connectivity index (χ3n) is 6.00. The lowest BCUT2D eigenvalue weighted by Crippen LogP contribution is -2.46. The first-order chi connectivity index (χ1) is 16.2. The second kappa shape index (κ2) is 12.3. The molecular weight excluding hydrogens is 568 g/mol. The van der Waals surface area contributed by atoms with Crippen LogP contribution in [0.15, 0.2) is 54.7 Å². The van der Waals surface area contributed by atoms with Gasteiger partial charge in [0, 0.05) is 34.5 Å². The van der Waals surface area contributed by atoms with Gasteiger partial charge in [0.1, 0.15) is 18.2 Å². The van der Waals surface area contributed by atoms with E-state index < -0.39 is 5.82 Å². The summed E-state index contributed by atoms with van der Waals surface area (Å²) in [6.07, 6.45) is 5.13. The highest BCUT2D eigenvalue weighted by Crippen LogP contribution is 2.31. The summed E-state index contributed by atoms with van der Waals surface area (Å²) in [5, 5.41) is 3.89. The van der Waals surface area contributed by atoms with Crippen LogP contribution in [0.25, 0.3) is 0 Å². The number of unbranched alkanes of at least 4 members (excludes halogenated alkanes) is 1. The molecule has 1 atom stereocenters. The summed E-state index contributed by atoms with van der Waals surface area (Å²) in [5.41, 5.74) is 4.09. The summed E-state index contributed by atoms with van der Waals surface area (Å²) < 4.78 is 20.8. The van der Waals surface area contributed by atoms with Crippen LogP contribution in [0, 0.1) is 5.82 Å². The van der Waals surface area contributed by atoms with Crippen molar-refractivity contribution >= 4 is 45.8 Å². The Morgan fingerprint density at radius 1 is 1.35 bits per heavy atom. The summed E-state index contributed by atoms with van der Waals surface area (Å²) >= 11 is 8.57. The Hall–Kier alpha value is -1.71. The van der Waals surface area contributed by atoms with Crippen molar-refractivity contribution < 1.29 is 13.9 Å². The number of amides is 1. The van der Waals surface area contributed by atoms with E-state index in [2.05, 4.69) is 40.9 Å².